The number of ether oxygens (including phenoxy) is 2. The Labute approximate surface area is 532 Å². The Morgan fingerprint density at radius 1 is 0.171 bits per heavy atom. The zero-order chi connectivity index (χ0) is 53.3. The van der Waals surface area contributed by atoms with E-state index in [4.69, 9.17) is 9.47 Å². The third kappa shape index (κ3) is 147. The molecule has 70 heavy (non-hydrogen) atoms. The van der Waals surface area contributed by atoms with Gasteiger partial charge < -0.3 is 55.5 Å². The molecule has 2 saturated heterocycles. The minimum Gasteiger partial charge on any atom is -0.542 e. The molecule has 0 N–H and O–H groups in total. The topological polar surface area (TPSA) is 18.5 Å². The van der Waals surface area contributed by atoms with E-state index in [9.17, 15) is 0 Å². The number of hydrogen-bond donors (Lipinski definition) is 0. The van der Waals surface area contributed by atoms with Gasteiger partial charge in [-0.25, -0.2) is 0 Å². The first kappa shape index (κ1) is 106. The molecule has 0 amide bonds. The summed E-state index contributed by atoms with van der Waals surface area (Å²) in [5.41, 5.74) is 0. The van der Waals surface area contributed by atoms with Crippen molar-refractivity contribution in [3.05, 3.63) is 0 Å². The molecule has 0 saturated carbocycles. The van der Waals surface area contributed by atoms with Crippen molar-refractivity contribution in [3.8, 4) is 0 Å². The quantitative estimate of drug-likeness (QED) is 0.143. The van der Waals surface area contributed by atoms with Gasteiger partial charge >= 0.3 is 102 Å². The molecule has 2 rings (SSSR count). The molecule has 2 aliphatic heterocycles. The molecule has 2 nitrogen and oxygen atoms in total. The molecule has 0 bridgehead atoms. The summed E-state index contributed by atoms with van der Waals surface area (Å²) in [6.45, 7) is 92.2. The Morgan fingerprint density at radius 3 is 0.257 bits per heavy atom. The first-order chi connectivity index (χ1) is 27.2. The van der Waals surface area contributed by atoms with Crippen LogP contribution in [0.1, 0.15) is 25.7 Å². The van der Waals surface area contributed by atoms with Gasteiger partial charge in [0.1, 0.15) is 0 Å². The molecule has 0 spiro atoms. The maximum absolute atomic E-state index is 4.94. The number of rotatable bonds is 12. The van der Waals surface area contributed by atoms with Crippen LogP contribution in [0.3, 0.4) is 0 Å². The molecule has 2 heterocycles. The van der Waals surface area contributed by atoms with Crippen molar-refractivity contribution in [1.29, 1.82) is 0 Å². The summed E-state index contributed by atoms with van der Waals surface area (Å²) in [5, 5.41) is 0. The molecule has 0 unspecified atom stereocenters. The van der Waals surface area contributed by atoms with Crippen LogP contribution in [0.25, 0.3) is 0 Å². The van der Waals surface area contributed by atoms with E-state index in [0.717, 1.165) is 26.4 Å². The van der Waals surface area contributed by atoms with E-state index < -0.39 is 92.9 Å². The molecule has 0 atom stereocenters. The molecule has 0 aliphatic carbocycles. The van der Waals surface area contributed by atoms with Crippen molar-refractivity contribution in [1.82, 2.24) is 0 Å². The van der Waals surface area contributed by atoms with Crippen molar-refractivity contribution < 1.29 is 112 Å². The first-order valence-electron chi connectivity index (χ1n) is 24.8. The Hall–Kier alpha value is 8.22. The SMILES string of the molecule is C1CCOC1.C1CCOC1.C[Si](C)(C)[P-][Si](C)(C)C.C[Si](C)(C)[P-][Si](C)(C)C.C[Si](C)(C)[P-][Si](C)(C)C.C[Si](C)(C)[P-][Si](C)(C)C.C[Si](C)(C)[P-][Si](C)(C)C.C[Si](C)(C)[P-][Si](C)(C)C.[Cu+].[Cu+].[Cu+].[Cu+].[Cu+].[Cu+]. The second-order valence-corrected chi connectivity index (χ2v) is 147. The molecular formula is C44H124Cu6O2P6Si12. The van der Waals surface area contributed by atoms with E-state index in [1.807, 2.05) is 46.1 Å². The summed E-state index contributed by atoms with van der Waals surface area (Å²) >= 11 is 0. The number of hydrogen-bond acceptors (Lipinski definition) is 2. The average Bonchev–Trinajstić information content (AvgIpc) is 3.57. The monoisotopic (exact) mass is 1580 g/mol. The van der Waals surface area contributed by atoms with Crippen LogP contribution >= 0.6 is 46.1 Å². The Balaban J connectivity index is -0.0000000546. The van der Waals surface area contributed by atoms with E-state index in [1.54, 1.807) is 0 Å². The largest absolute Gasteiger partial charge is 1.00 e. The van der Waals surface area contributed by atoms with E-state index >= 15 is 0 Å². The van der Waals surface area contributed by atoms with Crippen LogP contribution in [-0.2, 0) is 112 Å². The fraction of sp³-hybridized carbons (Fsp3) is 1.00. The van der Waals surface area contributed by atoms with Crippen molar-refractivity contribution in [3.63, 3.8) is 0 Å². The van der Waals surface area contributed by atoms with Gasteiger partial charge in [-0.05, 0) is 25.7 Å². The summed E-state index contributed by atoms with van der Waals surface area (Å²) in [4.78, 5) is 0. The van der Waals surface area contributed by atoms with Gasteiger partial charge in [0.25, 0.3) is 0 Å². The Bertz CT molecular complexity index is 829. The summed E-state index contributed by atoms with van der Waals surface area (Å²) in [7, 11) is 1.76. The van der Waals surface area contributed by atoms with E-state index in [2.05, 4.69) is 236 Å². The summed E-state index contributed by atoms with van der Waals surface area (Å²) in [5.74, 6) is 0. The van der Waals surface area contributed by atoms with E-state index in [0.29, 0.717) is 0 Å². The van der Waals surface area contributed by atoms with E-state index in [1.165, 1.54) is 25.7 Å². The molecule has 456 valence electrons. The van der Waals surface area contributed by atoms with Crippen LogP contribution < -0.4 is 0 Å². The van der Waals surface area contributed by atoms with Crippen LogP contribution in [0.4, 0.5) is 0 Å². The molecule has 0 aromatic carbocycles. The standard InChI is InChI=1S/6C6H18PSi2.2C4H8O.6Cu/c6*1-8(2,3)7-9(4,5)6;2*1-2-4-5-3-1;;;;;;/h6*1-6H3;2*1-4H2;;;;;;/q6*-1;;;6*+1. The molecule has 0 aromatic heterocycles. The maximum atomic E-state index is 4.94. The predicted octanol–water partition coefficient (Wildman–Crippen LogP) is 23.2. The van der Waals surface area contributed by atoms with Crippen LogP contribution in [-0.4, -0.2) is 119 Å². The molecule has 2 aliphatic rings. The minimum atomic E-state index is -0.759. The van der Waals surface area contributed by atoms with Crippen LogP contribution in [0.2, 0.25) is 236 Å². The van der Waals surface area contributed by atoms with Crippen molar-refractivity contribution in [2.75, 3.05) is 26.4 Å². The van der Waals surface area contributed by atoms with Crippen LogP contribution in [0.15, 0.2) is 0 Å². The van der Waals surface area contributed by atoms with Gasteiger partial charge in [0.15, 0.2) is 0 Å². The second-order valence-electron chi connectivity index (χ2n) is 29.4. The molecule has 26 heteroatoms. The fourth-order valence-electron chi connectivity index (χ4n) is 7.06. The van der Waals surface area contributed by atoms with Crippen LogP contribution in [0, 0.1) is 0 Å². The average molecular weight is 1590 g/mol. The Morgan fingerprint density at radius 2 is 0.243 bits per heavy atom. The van der Waals surface area contributed by atoms with Crippen molar-refractivity contribution in [2.45, 2.75) is 261 Å². The van der Waals surface area contributed by atoms with Crippen molar-refractivity contribution in [2.24, 2.45) is 0 Å². The zero-order valence-electron chi connectivity index (χ0n) is 53.0. The van der Waals surface area contributed by atoms with Crippen LogP contribution in [0.5, 0.6) is 0 Å². The van der Waals surface area contributed by atoms with Gasteiger partial charge in [0, 0.05) is 26.4 Å². The third-order valence-corrected chi connectivity index (χ3v) is 110. The fourth-order valence-corrected chi connectivity index (χ4v) is 164. The van der Waals surface area contributed by atoms with Crippen molar-refractivity contribution >= 4 is 139 Å². The maximum Gasteiger partial charge on any atom is 1.00 e. The smallest absolute Gasteiger partial charge is 0.542 e. The van der Waals surface area contributed by atoms with Gasteiger partial charge in [-0.3, -0.25) is 0 Å². The van der Waals surface area contributed by atoms with Gasteiger partial charge in [-0.2, -0.15) is 0 Å². The summed E-state index contributed by atoms with van der Waals surface area (Å²) in [6.07, 6.45) is 5.11. The molecule has 0 radical (unpaired) electrons. The third-order valence-electron chi connectivity index (χ3n) is 5.68. The van der Waals surface area contributed by atoms with E-state index in [-0.39, 0.29) is 102 Å². The Kier molecular flexibility index (Phi) is 73.6. The van der Waals surface area contributed by atoms with Gasteiger partial charge in [0.05, 0.1) is 0 Å². The molecule has 2 fully saturated rings. The van der Waals surface area contributed by atoms with Gasteiger partial charge in [0.2, 0.25) is 0 Å². The minimum absolute atomic E-state index is 0. The molecule has 0 aromatic rings. The normalized spacial score (nSPS) is 14.2. The first-order valence-corrected chi connectivity index (χ1v) is 82.3. The molecular weight excluding hydrogens is 1460 g/mol. The van der Waals surface area contributed by atoms with Gasteiger partial charge in [-0.1, -0.05) is 236 Å². The second kappa shape index (κ2) is 48.5. The predicted molar refractivity (Wildman–Crippen MR) is 362 cm³/mol. The summed E-state index contributed by atoms with van der Waals surface area (Å²) < 4.78 is 9.89. The van der Waals surface area contributed by atoms with Gasteiger partial charge in [-0.15, -0.1) is 92.9 Å². The zero-order valence-corrected chi connectivity index (χ0v) is 76.0. The summed E-state index contributed by atoms with van der Waals surface area (Å²) in [6, 6.07) is 0.